The van der Waals surface area contributed by atoms with Gasteiger partial charge in [-0.25, -0.2) is 20.3 Å². The Hall–Kier alpha value is -0.240. The third kappa shape index (κ3) is 21.9. The van der Waals surface area contributed by atoms with Crippen molar-refractivity contribution in [1.82, 2.24) is 0 Å². The normalized spacial score (nSPS) is 16.0. The van der Waals surface area contributed by atoms with E-state index in [4.69, 9.17) is 19.6 Å². The van der Waals surface area contributed by atoms with E-state index in [1.807, 2.05) is 13.8 Å². The Balaban J connectivity index is 5.18. The molecule has 0 aromatic carbocycles. The fraction of sp³-hybridized carbons (Fsp3) is 1.00. The van der Waals surface area contributed by atoms with Crippen LogP contribution in [0.1, 0.15) is 235 Å². The molecule has 2 N–H and O–H groups in total. The minimum atomic E-state index is -1.32. The summed E-state index contributed by atoms with van der Waals surface area (Å²) in [7, 11) is 0. The second-order valence-corrected chi connectivity index (χ2v) is 16.0. The molecule has 0 spiro atoms. The fourth-order valence-corrected chi connectivity index (χ4v) is 7.56. The molecule has 0 aromatic heterocycles. The number of hydrogen-bond donors (Lipinski definition) is 2. The summed E-state index contributed by atoms with van der Waals surface area (Å²) >= 11 is 0. The molecule has 48 heavy (non-hydrogen) atoms. The Labute approximate surface area is 300 Å². The number of hydrogen-bond acceptors (Lipinski definition) is 6. The molecule has 0 amide bonds. The third-order valence-corrected chi connectivity index (χ3v) is 10.7. The second-order valence-electron chi connectivity index (χ2n) is 16.0. The first-order chi connectivity index (χ1) is 23.2. The molecule has 6 nitrogen and oxygen atoms in total. The number of unbranched alkanes of at least 4 members (excludes halogenated alkanes) is 20. The smallest absolute Gasteiger partial charge is 0.236 e. The lowest BCUT2D eigenvalue weighted by Gasteiger charge is -2.42. The SMILES string of the molecule is CCCCCCCCCCCCCC(CC(C)C)C(CC)(OO)OOC(CC)(OO)C(CCCCCCCCCCCCC)CC(C)C. The zero-order valence-corrected chi connectivity index (χ0v) is 33.6. The second kappa shape index (κ2) is 31.5. The van der Waals surface area contributed by atoms with Gasteiger partial charge >= 0.3 is 0 Å². The first-order valence-electron chi connectivity index (χ1n) is 21.2. The lowest BCUT2D eigenvalue weighted by Crippen LogP contribution is -2.50. The molecule has 6 heteroatoms. The highest BCUT2D eigenvalue weighted by Crippen LogP contribution is 2.41. The monoisotopic (exact) mass is 687 g/mol. The molecule has 0 aliphatic carbocycles. The molecule has 0 saturated carbocycles. The van der Waals surface area contributed by atoms with Crippen LogP contribution in [0.3, 0.4) is 0 Å². The van der Waals surface area contributed by atoms with Crippen LogP contribution in [-0.2, 0) is 19.6 Å². The van der Waals surface area contributed by atoms with E-state index in [1.165, 1.54) is 128 Å². The molecule has 0 aliphatic heterocycles. The number of rotatable bonds is 37. The summed E-state index contributed by atoms with van der Waals surface area (Å²) in [6.45, 7) is 17.3. The van der Waals surface area contributed by atoms with Crippen LogP contribution in [-0.4, -0.2) is 22.1 Å². The van der Waals surface area contributed by atoms with Crippen molar-refractivity contribution in [2.45, 2.75) is 247 Å². The quantitative estimate of drug-likeness (QED) is 0.0293. The standard InChI is InChI=1S/C42H86O6/c1-9-13-15-17-19-21-23-25-27-29-31-33-39(35-37(5)6)41(11-3,45-43)47-48-42(12-4,46-44)40(36-38(7)8)34-32-30-28-26-24-22-20-18-16-14-10-2/h37-40,43-44H,9-36H2,1-8H3. The van der Waals surface area contributed by atoms with Gasteiger partial charge < -0.3 is 0 Å². The van der Waals surface area contributed by atoms with Gasteiger partial charge in [-0.3, -0.25) is 0 Å². The highest BCUT2D eigenvalue weighted by atomic mass is 17.3. The van der Waals surface area contributed by atoms with Gasteiger partial charge in [-0.1, -0.05) is 197 Å². The molecule has 0 fully saturated rings. The van der Waals surface area contributed by atoms with Crippen LogP contribution >= 0.6 is 0 Å². The van der Waals surface area contributed by atoms with Crippen LogP contribution in [0.4, 0.5) is 0 Å². The summed E-state index contributed by atoms with van der Waals surface area (Å²) in [5, 5.41) is 20.7. The summed E-state index contributed by atoms with van der Waals surface area (Å²) < 4.78 is 0. The van der Waals surface area contributed by atoms with E-state index in [1.54, 1.807) is 0 Å². The first kappa shape index (κ1) is 47.8. The summed E-state index contributed by atoms with van der Waals surface area (Å²) in [5.74, 6) is -1.91. The average molecular weight is 687 g/mol. The molecular formula is C42H86O6. The van der Waals surface area contributed by atoms with Crippen LogP contribution in [0.15, 0.2) is 0 Å². The maximum absolute atomic E-state index is 10.4. The zero-order chi connectivity index (χ0) is 35.9. The molecule has 0 bridgehead atoms. The van der Waals surface area contributed by atoms with Crippen LogP contribution in [0.2, 0.25) is 0 Å². The lowest BCUT2D eigenvalue weighted by molar-refractivity contribution is -0.588. The van der Waals surface area contributed by atoms with Crippen LogP contribution in [0, 0.1) is 23.7 Å². The van der Waals surface area contributed by atoms with E-state index in [2.05, 4.69) is 41.5 Å². The van der Waals surface area contributed by atoms with E-state index in [0.29, 0.717) is 24.7 Å². The van der Waals surface area contributed by atoms with Crippen molar-refractivity contribution in [3.05, 3.63) is 0 Å². The predicted octanol–water partition coefficient (Wildman–Crippen LogP) is 14.9. The highest BCUT2D eigenvalue weighted by molar-refractivity contribution is 4.81. The van der Waals surface area contributed by atoms with Gasteiger partial charge in [-0.2, -0.15) is 9.78 Å². The molecule has 0 heterocycles. The van der Waals surface area contributed by atoms with Gasteiger partial charge in [0.05, 0.1) is 0 Å². The lowest BCUT2D eigenvalue weighted by atomic mass is 9.83. The van der Waals surface area contributed by atoms with E-state index < -0.39 is 11.6 Å². The van der Waals surface area contributed by atoms with Gasteiger partial charge in [-0.15, -0.1) is 0 Å². The highest BCUT2D eigenvalue weighted by Gasteiger charge is 2.48. The summed E-state index contributed by atoms with van der Waals surface area (Å²) in [6, 6.07) is 0. The van der Waals surface area contributed by atoms with Gasteiger partial charge in [0.25, 0.3) is 0 Å². The Bertz CT molecular complexity index is 605. The first-order valence-corrected chi connectivity index (χ1v) is 21.2. The van der Waals surface area contributed by atoms with E-state index >= 15 is 0 Å². The molecule has 0 radical (unpaired) electrons. The van der Waals surface area contributed by atoms with Gasteiger partial charge in [-0.05, 0) is 37.5 Å². The molecule has 4 unspecified atom stereocenters. The molecule has 0 aliphatic rings. The molecule has 4 atom stereocenters. The van der Waals surface area contributed by atoms with Crippen molar-refractivity contribution < 1.29 is 30.1 Å². The van der Waals surface area contributed by atoms with Crippen molar-refractivity contribution in [3.63, 3.8) is 0 Å². The van der Waals surface area contributed by atoms with Crippen LogP contribution in [0.25, 0.3) is 0 Å². The molecule has 0 rings (SSSR count). The third-order valence-electron chi connectivity index (χ3n) is 10.7. The Morgan fingerprint density at radius 3 is 0.854 bits per heavy atom. The van der Waals surface area contributed by atoms with E-state index in [-0.39, 0.29) is 11.8 Å². The molecule has 0 aromatic rings. The van der Waals surface area contributed by atoms with Gasteiger partial charge in [0.15, 0.2) is 0 Å². The van der Waals surface area contributed by atoms with Crippen molar-refractivity contribution >= 4 is 0 Å². The predicted molar refractivity (Wildman–Crippen MR) is 204 cm³/mol. The zero-order valence-electron chi connectivity index (χ0n) is 33.6. The molecule has 290 valence electrons. The topological polar surface area (TPSA) is 77.4 Å². The Kier molecular flexibility index (Phi) is 31.3. The fourth-order valence-electron chi connectivity index (χ4n) is 7.56. The van der Waals surface area contributed by atoms with Gasteiger partial charge in [0.1, 0.15) is 0 Å². The van der Waals surface area contributed by atoms with Crippen LogP contribution < -0.4 is 0 Å². The van der Waals surface area contributed by atoms with Crippen molar-refractivity contribution in [3.8, 4) is 0 Å². The largest absolute Gasteiger partial charge is 0.249 e. The van der Waals surface area contributed by atoms with Gasteiger partial charge in [0, 0.05) is 24.7 Å². The summed E-state index contributed by atoms with van der Waals surface area (Å²) in [6.07, 6.45) is 32.9. The summed E-state index contributed by atoms with van der Waals surface area (Å²) in [4.78, 5) is 22.9. The molecular weight excluding hydrogens is 600 g/mol. The van der Waals surface area contributed by atoms with E-state index in [9.17, 15) is 10.5 Å². The van der Waals surface area contributed by atoms with Crippen molar-refractivity contribution in [2.24, 2.45) is 23.7 Å². The maximum atomic E-state index is 10.4. The van der Waals surface area contributed by atoms with Gasteiger partial charge in [0.2, 0.25) is 11.6 Å². The summed E-state index contributed by atoms with van der Waals surface area (Å²) in [5.41, 5.74) is 0. The Morgan fingerprint density at radius 2 is 0.646 bits per heavy atom. The average Bonchev–Trinajstić information content (AvgIpc) is 3.07. The van der Waals surface area contributed by atoms with E-state index in [0.717, 1.165) is 38.5 Å². The minimum absolute atomic E-state index is 0.0468. The Morgan fingerprint density at radius 1 is 0.396 bits per heavy atom. The maximum Gasteiger partial charge on any atom is 0.236 e. The minimum Gasteiger partial charge on any atom is -0.249 e. The van der Waals surface area contributed by atoms with Crippen LogP contribution in [0.5, 0.6) is 0 Å². The van der Waals surface area contributed by atoms with Crippen molar-refractivity contribution in [2.75, 3.05) is 0 Å². The molecule has 0 saturated heterocycles. The van der Waals surface area contributed by atoms with Crippen molar-refractivity contribution in [1.29, 1.82) is 0 Å².